The standard InChI is InChI=1S/C14H20N6O4S2/c1-4-15-12(22)10-8-18(5-6-19(10)26(3,23)24)14-17-20-9(2)7-11(21)16-13(20)25-14/h7,10H,4-6,8H2,1-3H3,(H,15,22). The van der Waals surface area contributed by atoms with Gasteiger partial charge in [0.2, 0.25) is 26.0 Å². The van der Waals surface area contributed by atoms with Gasteiger partial charge < -0.3 is 10.2 Å². The smallest absolute Gasteiger partial charge is 0.274 e. The third-order valence-corrected chi connectivity index (χ3v) is 6.36. The first-order chi connectivity index (χ1) is 12.2. The van der Waals surface area contributed by atoms with Crippen molar-refractivity contribution in [2.24, 2.45) is 0 Å². The van der Waals surface area contributed by atoms with Crippen molar-refractivity contribution in [1.82, 2.24) is 24.2 Å². The summed E-state index contributed by atoms with van der Waals surface area (Å²) < 4.78 is 26.9. The Morgan fingerprint density at radius 3 is 2.81 bits per heavy atom. The molecule has 3 heterocycles. The van der Waals surface area contributed by atoms with Crippen molar-refractivity contribution in [3.05, 3.63) is 22.1 Å². The molecular formula is C14H20N6O4S2. The number of anilines is 1. The number of amides is 1. The van der Waals surface area contributed by atoms with Gasteiger partial charge in [-0.1, -0.05) is 11.3 Å². The molecule has 1 fully saturated rings. The second kappa shape index (κ2) is 6.93. The molecule has 1 saturated heterocycles. The number of carbonyl (C=O) groups excluding carboxylic acids is 1. The number of likely N-dealkylation sites (N-methyl/N-ethyl adjacent to an activating group) is 1. The molecule has 1 aliphatic heterocycles. The zero-order valence-corrected chi connectivity index (χ0v) is 16.3. The number of sulfonamides is 1. The summed E-state index contributed by atoms with van der Waals surface area (Å²) in [5, 5.41) is 7.74. The highest BCUT2D eigenvalue weighted by molar-refractivity contribution is 7.88. The van der Waals surface area contributed by atoms with Crippen LogP contribution >= 0.6 is 11.3 Å². The molecule has 12 heteroatoms. The fraction of sp³-hybridized carbons (Fsp3) is 0.571. The average molecular weight is 400 g/mol. The summed E-state index contributed by atoms with van der Waals surface area (Å²) in [7, 11) is -3.51. The van der Waals surface area contributed by atoms with Crippen molar-refractivity contribution in [3.8, 4) is 0 Å². The molecule has 1 N–H and O–H groups in total. The molecule has 1 unspecified atom stereocenters. The molecule has 0 saturated carbocycles. The number of nitrogens with one attached hydrogen (secondary N) is 1. The van der Waals surface area contributed by atoms with Crippen LogP contribution in [0.15, 0.2) is 10.9 Å². The summed E-state index contributed by atoms with van der Waals surface area (Å²) in [6.45, 7) is 4.72. The molecule has 2 aromatic heterocycles. The van der Waals surface area contributed by atoms with E-state index in [-0.39, 0.29) is 24.6 Å². The second-order valence-electron chi connectivity index (χ2n) is 6.04. The van der Waals surface area contributed by atoms with Crippen LogP contribution in [0, 0.1) is 6.92 Å². The van der Waals surface area contributed by atoms with Crippen LogP contribution in [0.3, 0.4) is 0 Å². The summed E-state index contributed by atoms with van der Waals surface area (Å²) in [4.78, 5) is 30.2. The summed E-state index contributed by atoms with van der Waals surface area (Å²) >= 11 is 1.23. The van der Waals surface area contributed by atoms with E-state index in [1.807, 2.05) is 4.90 Å². The largest absolute Gasteiger partial charge is 0.355 e. The molecule has 0 spiro atoms. The van der Waals surface area contributed by atoms with E-state index in [1.165, 1.54) is 21.7 Å². The summed E-state index contributed by atoms with van der Waals surface area (Å²) in [5.74, 6) is -0.340. The zero-order chi connectivity index (χ0) is 19.1. The van der Waals surface area contributed by atoms with Gasteiger partial charge in [-0.25, -0.2) is 12.9 Å². The highest BCUT2D eigenvalue weighted by Crippen LogP contribution is 2.25. The quantitative estimate of drug-likeness (QED) is 0.703. The molecule has 3 rings (SSSR count). The van der Waals surface area contributed by atoms with Crippen molar-refractivity contribution in [2.75, 3.05) is 37.3 Å². The van der Waals surface area contributed by atoms with Gasteiger partial charge in [-0.05, 0) is 13.8 Å². The summed E-state index contributed by atoms with van der Waals surface area (Å²) in [5.41, 5.74) is 0.331. The molecule has 142 valence electrons. The number of nitrogens with zero attached hydrogens (tertiary/aromatic N) is 5. The maximum Gasteiger partial charge on any atom is 0.274 e. The Morgan fingerprint density at radius 1 is 1.42 bits per heavy atom. The van der Waals surface area contributed by atoms with Gasteiger partial charge in [0, 0.05) is 37.9 Å². The van der Waals surface area contributed by atoms with Crippen LogP contribution in [-0.2, 0) is 14.8 Å². The Kier molecular flexibility index (Phi) is 4.99. The lowest BCUT2D eigenvalue weighted by atomic mass is 10.2. The van der Waals surface area contributed by atoms with E-state index in [9.17, 15) is 18.0 Å². The minimum Gasteiger partial charge on any atom is -0.355 e. The minimum atomic E-state index is -3.51. The van der Waals surface area contributed by atoms with Crippen molar-refractivity contribution < 1.29 is 13.2 Å². The zero-order valence-electron chi connectivity index (χ0n) is 14.7. The highest BCUT2D eigenvalue weighted by atomic mass is 32.2. The van der Waals surface area contributed by atoms with E-state index >= 15 is 0 Å². The predicted molar refractivity (Wildman–Crippen MR) is 98.1 cm³/mol. The third kappa shape index (κ3) is 3.57. The lowest BCUT2D eigenvalue weighted by Gasteiger charge is -2.38. The lowest BCUT2D eigenvalue weighted by Crippen LogP contribution is -2.60. The van der Waals surface area contributed by atoms with Gasteiger partial charge in [0.15, 0.2) is 0 Å². The average Bonchev–Trinajstić information content (AvgIpc) is 2.98. The van der Waals surface area contributed by atoms with Crippen LogP contribution in [0.25, 0.3) is 4.96 Å². The monoisotopic (exact) mass is 400 g/mol. The number of carbonyl (C=O) groups is 1. The minimum absolute atomic E-state index is 0.181. The van der Waals surface area contributed by atoms with Gasteiger partial charge in [-0.3, -0.25) is 9.59 Å². The van der Waals surface area contributed by atoms with Crippen LogP contribution < -0.4 is 15.8 Å². The normalized spacial score (nSPS) is 19.0. The van der Waals surface area contributed by atoms with Crippen LogP contribution in [0.4, 0.5) is 5.13 Å². The van der Waals surface area contributed by atoms with E-state index in [2.05, 4.69) is 15.4 Å². The number of hydrogen-bond donors (Lipinski definition) is 1. The van der Waals surface area contributed by atoms with Crippen LogP contribution in [0.1, 0.15) is 12.6 Å². The third-order valence-electron chi connectivity index (χ3n) is 4.10. The molecule has 1 amide bonds. The van der Waals surface area contributed by atoms with Gasteiger partial charge in [0.1, 0.15) is 6.04 Å². The van der Waals surface area contributed by atoms with Crippen LogP contribution in [0.2, 0.25) is 0 Å². The maximum absolute atomic E-state index is 12.4. The molecule has 0 radical (unpaired) electrons. The van der Waals surface area contributed by atoms with Gasteiger partial charge in [0.25, 0.3) is 5.56 Å². The summed E-state index contributed by atoms with van der Waals surface area (Å²) in [6, 6.07) is 0.565. The predicted octanol–water partition coefficient (Wildman–Crippen LogP) is -0.954. The molecule has 10 nitrogen and oxygen atoms in total. The Labute approximate surface area is 154 Å². The molecule has 1 aliphatic rings. The van der Waals surface area contributed by atoms with E-state index < -0.39 is 16.1 Å². The van der Waals surface area contributed by atoms with Gasteiger partial charge >= 0.3 is 0 Å². The fourth-order valence-corrected chi connectivity index (χ4v) is 4.94. The molecular weight excluding hydrogens is 380 g/mol. The van der Waals surface area contributed by atoms with Crippen molar-refractivity contribution in [1.29, 1.82) is 0 Å². The molecule has 1 atom stereocenters. The van der Waals surface area contributed by atoms with Crippen LogP contribution in [-0.4, -0.2) is 71.7 Å². The van der Waals surface area contributed by atoms with E-state index in [1.54, 1.807) is 18.4 Å². The number of hydrogen-bond acceptors (Lipinski definition) is 8. The molecule has 0 aliphatic carbocycles. The van der Waals surface area contributed by atoms with Gasteiger partial charge in [0.05, 0.1) is 6.26 Å². The second-order valence-corrected chi connectivity index (χ2v) is 8.91. The Hall–Kier alpha value is -2.05. The number of fused-ring (bicyclic) bond motifs is 1. The Bertz CT molecular complexity index is 999. The number of aryl methyl sites for hydroxylation is 1. The first kappa shape index (κ1) is 18.7. The number of piperazine rings is 1. The van der Waals surface area contributed by atoms with E-state index in [0.29, 0.717) is 28.9 Å². The first-order valence-electron chi connectivity index (χ1n) is 8.07. The van der Waals surface area contributed by atoms with Gasteiger partial charge in [-0.2, -0.15) is 9.29 Å². The van der Waals surface area contributed by atoms with E-state index in [0.717, 1.165) is 6.26 Å². The SMILES string of the molecule is CCNC(=O)C1CN(c2nn3c(C)cc(=O)nc3s2)CCN1S(C)(=O)=O. The van der Waals surface area contributed by atoms with Crippen molar-refractivity contribution in [2.45, 2.75) is 19.9 Å². The Morgan fingerprint density at radius 2 is 2.15 bits per heavy atom. The first-order valence-corrected chi connectivity index (χ1v) is 10.7. The number of rotatable bonds is 4. The van der Waals surface area contributed by atoms with Crippen molar-refractivity contribution >= 4 is 37.4 Å². The lowest BCUT2D eigenvalue weighted by molar-refractivity contribution is -0.124. The molecule has 0 aromatic carbocycles. The topological polar surface area (TPSA) is 117 Å². The molecule has 0 bridgehead atoms. The summed E-state index contributed by atoms with van der Waals surface area (Å²) in [6.07, 6.45) is 1.10. The molecule has 2 aromatic rings. The van der Waals surface area contributed by atoms with E-state index in [4.69, 9.17) is 0 Å². The fourth-order valence-electron chi connectivity index (χ4n) is 2.91. The highest BCUT2D eigenvalue weighted by Gasteiger charge is 2.38. The Balaban J connectivity index is 1.94. The van der Waals surface area contributed by atoms with Crippen molar-refractivity contribution in [3.63, 3.8) is 0 Å². The van der Waals surface area contributed by atoms with Gasteiger partial charge in [-0.15, -0.1) is 5.10 Å². The molecule has 26 heavy (non-hydrogen) atoms. The maximum atomic E-state index is 12.4. The van der Waals surface area contributed by atoms with Crippen LogP contribution in [0.5, 0.6) is 0 Å². The number of aromatic nitrogens is 3.